The van der Waals surface area contributed by atoms with Gasteiger partial charge < -0.3 is 0 Å². The first kappa shape index (κ1) is 26.5. The third-order valence-corrected chi connectivity index (χ3v) is 14.4. The van der Waals surface area contributed by atoms with Crippen LogP contribution in [0.4, 0.5) is 0 Å². The van der Waals surface area contributed by atoms with Crippen molar-refractivity contribution in [3.8, 4) is 0 Å². The summed E-state index contributed by atoms with van der Waals surface area (Å²) in [7, 11) is -4.01. The molecule has 4 nitrogen and oxygen atoms in total. The van der Waals surface area contributed by atoms with Gasteiger partial charge in [0, 0.05) is 0 Å². The van der Waals surface area contributed by atoms with Crippen LogP contribution in [0.25, 0.3) is 0 Å². The Balaban J connectivity index is 5.78. The summed E-state index contributed by atoms with van der Waals surface area (Å²) in [6, 6.07) is 0. The summed E-state index contributed by atoms with van der Waals surface area (Å²) in [5.74, 6) is 0. The molecule has 0 fully saturated rings. The topological polar surface area (TPSA) is 55.8 Å². The quantitative estimate of drug-likeness (QED) is 0.186. The van der Waals surface area contributed by atoms with Crippen LogP contribution in [-0.2, 0) is 13.4 Å². The predicted octanol–water partition coefficient (Wildman–Crippen LogP) is 7.59. The van der Waals surface area contributed by atoms with Crippen LogP contribution in [0.2, 0.25) is 0 Å². The van der Waals surface area contributed by atoms with E-state index in [1.165, 1.54) is 0 Å². The fourth-order valence-electron chi connectivity index (χ4n) is 3.71. The van der Waals surface area contributed by atoms with E-state index in [4.69, 9.17) is 8.83 Å². The van der Waals surface area contributed by atoms with E-state index in [1.54, 1.807) is 0 Å². The summed E-state index contributed by atoms with van der Waals surface area (Å²) in [6.07, 6.45) is 14.3. The molecule has 0 aliphatic carbocycles. The third-order valence-electron chi connectivity index (χ3n) is 5.40. The second-order valence-electron chi connectivity index (χ2n) is 7.90. The molecule has 0 aromatic heterocycles. The number of phosphoric ester groups is 1. The average Bonchev–Trinajstić information content (AvgIpc) is 2.62. The molecule has 0 radical (unpaired) electrons. The van der Waals surface area contributed by atoms with E-state index in [1.807, 2.05) is 0 Å². The van der Waals surface area contributed by atoms with Crippen LogP contribution in [-0.4, -0.2) is 36.1 Å². The van der Waals surface area contributed by atoms with Gasteiger partial charge in [0.1, 0.15) is 0 Å². The van der Waals surface area contributed by atoms with E-state index >= 15 is 0 Å². The Morgan fingerprint density at radius 3 is 1.35 bits per heavy atom. The first-order valence-corrected chi connectivity index (χ1v) is 15.4. The van der Waals surface area contributed by atoms with Crippen molar-refractivity contribution in [3.63, 3.8) is 0 Å². The van der Waals surface area contributed by atoms with Gasteiger partial charge in [-0.15, -0.1) is 0 Å². The summed E-state index contributed by atoms with van der Waals surface area (Å²) in [5.41, 5.74) is 0. The van der Waals surface area contributed by atoms with Crippen molar-refractivity contribution in [1.82, 2.24) is 0 Å². The number of hydrogen-bond acceptors (Lipinski definition) is 3. The van der Waals surface area contributed by atoms with Gasteiger partial charge in [-0.25, -0.2) is 0 Å². The molecule has 6 heteroatoms. The molecular formula is C20H46O4P2. The molecule has 26 heavy (non-hydrogen) atoms. The zero-order valence-electron chi connectivity index (χ0n) is 18.2. The van der Waals surface area contributed by atoms with Crippen molar-refractivity contribution >= 4 is 14.7 Å². The molecule has 0 aromatic carbocycles. The maximum atomic E-state index is 12.9. The second-order valence-corrected chi connectivity index (χ2v) is 15.3. The SMILES string of the molecule is CCCCOP(=O)(O)OP(CCCC)(CCCC)(CCCC)CCCC. The van der Waals surface area contributed by atoms with Crippen molar-refractivity contribution in [2.45, 2.75) is 98.8 Å². The van der Waals surface area contributed by atoms with Gasteiger partial charge in [-0.05, 0) is 0 Å². The zero-order chi connectivity index (χ0) is 20.0. The summed E-state index contributed by atoms with van der Waals surface area (Å²) < 4.78 is 24.7. The molecule has 0 rings (SSSR count). The average molecular weight is 413 g/mol. The van der Waals surface area contributed by atoms with Crippen molar-refractivity contribution in [3.05, 3.63) is 0 Å². The van der Waals surface area contributed by atoms with Gasteiger partial charge >= 0.3 is 163 Å². The molecule has 1 unspecified atom stereocenters. The summed E-state index contributed by atoms with van der Waals surface area (Å²) in [6.45, 7) is 8.38. The Hall–Kier alpha value is 0.540. The molecule has 1 atom stereocenters. The van der Waals surface area contributed by atoms with E-state index in [0.717, 1.165) is 88.9 Å². The van der Waals surface area contributed by atoms with Crippen LogP contribution in [0, 0.1) is 0 Å². The first-order chi connectivity index (χ1) is 12.3. The normalized spacial score (nSPS) is 16.2. The van der Waals surface area contributed by atoms with E-state index in [9.17, 15) is 9.46 Å². The summed E-state index contributed by atoms with van der Waals surface area (Å²) >= 11 is 0. The standard InChI is InChI=1S/C20H46O4P2/c1-6-11-16-23-25(21,22)24-26(17-12-7-2,18-13-8-3,19-14-9-4)20-15-10-5/h6-20H2,1-5H3,(H,21,22). The summed E-state index contributed by atoms with van der Waals surface area (Å²) in [4.78, 5) is 10.6. The number of unbranched alkanes of at least 4 members (excludes halogenated alkanes) is 5. The van der Waals surface area contributed by atoms with Crippen molar-refractivity contribution in [2.24, 2.45) is 0 Å². The Morgan fingerprint density at radius 1 is 0.692 bits per heavy atom. The molecule has 0 spiro atoms. The Bertz CT molecular complexity index is 358. The van der Waals surface area contributed by atoms with Gasteiger partial charge in [-0.3, -0.25) is 0 Å². The molecule has 0 saturated carbocycles. The van der Waals surface area contributed by atoms with E-state index in [2.05, 4.69) is 34.6 Å². The Morgan fingerprint density at radius 2 is 1.04 bits per heavy atom. The minimum absolute atomic E-state index is 0.305. The Kier molecular flexibility index (Phi) is 14.0. The van der Waals surface area contributed by atoms with Crippen molar-refractivity contribution < 1.29 is 18.3 Å². The second kappa shape index (κ2) is 13.7. The van der Waals surface area contributed by atoms with Gasteiger partial charge in [0.25, 0.3) is 0 Å². The maximum absolute atomic E-state index is 12.9. The van der Waals surface area contributed by atoms with Crippen LogP contribution < -0.4 is 0 Å². The zero-order valence-corrected chi connectivity index (χ0v) is 20.0. The number of rotatable bonds is 18. The van der Waals surface area contributed by atoms with Crippen LogP contribution in [0.5, 0.6) is 0 Å². The van der Waals surface area contributed by atoms with E-state index in [-0.39, 0.29) is 0 Å². The van der Waals surface area contributed by atoms with E-state index < -0.39 is 14.7 Å². The Labute approximate surface area is 163 Å². The fraction of sp³-hybridized carbons (Fsp3) is 1.00. The van der Waals surface area contributed by atoms with Crippen LogP contribution in [0.1, 0.15) is 98.8 Å². The van der Waals surface area contributed by atoms with Gasteiger partial charge in [-0.2, -0.15) is 0 Å². The predicted molar refractivity (Wildman–Crippen MR) is 118 cm³/mol. The van der Waals surface area contributed by atoms with Crippen LogP contribution >= 0.6 is 14.7 Å². The molecular weight excluding hydrogens is 366 g/mol. The third kappa shape index (κ3) is 9.65. The first-order valence-electron chi connectivity index (χ1n) is 11.0. The van der Waals surface area contributed by atoms with Gasteiger partial charge in [-0.1, -0.05) is 0 Å². The van der Waals surface area contributed by atoms with Gasteiger partial charge in [0.15, 0.2) is 0 Å². The molecule has 0 aromatic rings. The number of phosphoric acid groups is 1. The number of hydrogen-bond donors (Lipinski definition) is 1. The van der Waals surface area contributed by atoms with Crippen LogP contribution in [0.3, 0.4) is 0 Å². The van der Waals surface area contributed by atoms with Gasteiger partial charge in [0.05, 0.1) is 0 Å². The minimum atomic E-state index is -4.01. The fourth-order valence-corrected chi connectivity index (χ4v) is 13.7. The molecule has 0 saturated heterocycles. The van der Waals surface area contributed by atoms with Crippen molar-refractivity contribution in [1.29, 1.82) is 0 Å². The van der Waals surface area contributed by atoms with Crippen LogP contribution in [0.15, 0.2) is 0 Å². The van der Waals surface area contributed by atoms with Crippen molar-refractivity contribution in [2.75, 3.05) is 31.3 Å². The molecule has 0 aliphatic rings. The van der Waals surface area contributed by atoms with E-state index in [0.29, 0.717) is 6.61 Å². The van der Waals surface area contributed by atoms with Gasteiger partial charge in [0.2, 0.25) is 0 Å². The molecule has 1 N–H and O–H groups in total. The molecule has 0 amide bonds. The molecule has 0 heterocycles. The summed E-state index contributed by atoms with van der Waals surface area (Å²) in [5, 5.41) is 0. The molecule has 0 bridgehead atoms. The monoisotopic (exact) mass is 412 g/mol. The molecule has 160 valence electrons. The molecule has 0 aliphatic heterocycles.